The van der Waals surface area contributed by atoms with Gasteiger partial charge in [-0.25, -0.2) is 4.79 Å². The standard InChI is InChI=1S/C22H32N4O6/c1-15(2)11-12-23-19(28)14-26-13-7-9-18(22(26)31)25-21(30)17(24-16(3)27)8-5-6-10-20(29)32-4/h6-7,9-10,13,15,17H,5,8,11-12,14H2,1-4H3,(H,23,28)(H,24,27)(H,25,30)/b10-6+/t17-/m0/s1. The summed E-state index contributed by atoms with van der Waals surface area (Å²) in [6.07, 6.45) is 5.58. The molecule has 3 amide bonds. The number of hydrogen-bond donors (Lipinski definition) is 3. The van der Waals surface area contributed by atoms with Crippen molar-refractivity contribution >= 4 is 29.4 Å². The maximum Gasteiger partial charge on any atom is 0.330 e. The first-order valence-corrected chi connectivity index (χ1v) is 10.4. The summed E-state index contributed by atoms with van der Waals surface area (Å²) >= 11 is 0. The molecular formula is C22H32N4O6. The molecule has 0 spiro atoms. The number of carbonyl (C=O) groups is 4. The van der Waals surface area contributed by atoms with Crippen molar-refractivity contribution in [1.82, 2.24) is 15.2 Å². The molecule has 0 fully saturated rings. The van der Waals surface area contributed by atoms with Gasteiger partial charge in [-0.15, -0.1) is 0 Å². The largest absolute Gasteiger partial charge is 0.466 e. The smallest absolute Gasteiger partial charge is 0.330 e. The van der Waals surface area contributed by atoms with E-state index in [1.54, 1.807) is 6.07 Å². The highest BCUT2D eigenvalue weighted by Crippen LogP contribution is 2.05. The van der Waals surface area contributed by atoms with E-state index in [-0.39, 0.29) is 24.6 Å². The SMILES string of the molecule is COC(=O)/C=C/CC[C@H](NC(C)=O)C(=O)Nc1cccn(CC(=O)NCCC(C)C)c1=O. The normalized spacial score (nSPS) is 11.8. The van der Waals surface area contributed by atoms with E-state index in [4.69, 9.17) is 0 Å². The lowest BCUT2D eigenvalue weighted by molar-refractivity contribution is -0.134. The van der Waals surface area contributed by atoms with Gasteiger partial charge in [0.05, 0.1) is 7.11 Å². The highest BCUT2D eigenvalue weighted by molar-refractivity contribution is 5.96. The minimum absolute atomic E-state index is 0.00654. The quantitative estimate of drug-likeness (QED) is 0.322. The van der Waals surface area contributed by atoms with E-state index in [1.807, 2.05) is 13.8 Å². The van der Waals surface area contributed by atoms with Crippen LogP contribution in [0.2, 0.25) is 0 Å². The van der Waals surface area contributed by atoms with Crippen LogP contribution in [0.5, 0.6) is 0 Å². The molecule has 176 valence electrons. The number of amides is 3. The number of rotatable bonds is 12. The average molecular weight is 449 g/mol. The van der Waals surface area contributed by atoms with E-state index < -0.39 is 29.4 Å². The Labute approximate surface area is 187 Å². The summed E-state index contributed by atoms with van der Waals surface area (Å²) in [6, 6.07) is 2.06. The molecule has 1 heterocycles. The average Bonchev–Trinajstić information content (AvgIpc) is 2.72. The number of methoxy groups -OCH3 is 1. The zero-order valence-corrected chi connectivity index (χ0v) is 19.0. The molecule has 0 aliphatic heterocycles. The number of ether oxygens (including phenoxy) is 1. The second-order valence-corrected chi connectivity index (χ2v) is 7.63. The molecule has 1 aromatic rings. The minimum Gasteiger partial charge on any atom is -0.466 e. The van der Waals surface area contributed by atoms with Gasteiger partial charge in [-0.1, -0.05) is 19.9 Å². The summed E-state index contributed by atoms with van der Waals surface area (Å²) in [4.78, 5) is 60.0. The fourth-order valence-electron chi connectivity index (χ4n) is 2.71. The van der Waals surface area contributed by atoms with Crippen molar-refractivity contribution in [2.24, 2.45) is 5.92 Å². The Morgan fingerprint density at radius 3 is 2.53 bits per heavy atom. The van der Waals surface area contributed by atoms with Crippen LogP contribution in [-0.2, 0) is 30.5 Å². The molecule has 0 radical (unpaired) electrons. The fourth-order valence-corrected chi connectivity index (χ4v) is 2.71. The second-order valence-electron chi connectivity index (χ2n) is 7.63. The van der Waals surface area contributed by atoms with E-state index in [2.05, 4.69) is 20.7 Å². The Morgan fingerprint density at radius 1 is 1.19 bits per heavy atom. The van der Waals surface area contributed by atoms with Gasteiger partial charge in [-0.2, -0.15) is 0 Å². The van der Waals surface area contributed by atoms with Gasteiger partial charge in [0.25, 0.3) is 5.56 Å². The third-order valence-corrected chi connectivity index (χ3v) is 4.41. The first-order valence-electron chi connectivity index (χ1n) is 10.4. The summed E-state index contributed by atoms with van der Waals surface area (Å²) < 4.78 is 5.69. The number of anilines is 1. The van der Waals surface area contributed by atoms with Gasteiger partial charge < -0.3 is 25.3 Å². The Hall–Kier alpha value is -3.43. The van der Waals surface area contributed by atoms with E-state index in [0.29, 0.717) is 18.9 Å². The summed E-state index contributed by atoms with van der Waals surface area (Å²) in [7, 11) is 1.25. The molecule has 0 unspecified atom stereocenters. The summed E-state index contributed by atoms with van der Waals surface area (Å²) in [6.45, 7) is 5.72. The molecule has 32 heavy (non-hydrogen) atoms. The lowest BCUT2D eigenvalue weighted by Crippen LogP contribution is -2.43. The van der Waals surface area contributed by atoms with Crippen molar-refractivity contribution in [3.05, 3.63) is 40.8 Å². The molecule has 0 bridgehead atoms. The molecule has 10 heteroatoms. The van der Waals surface area contributed by atoms with Crippen LogP contribution in [0.3, 0.4) is 0 Å². The molecule has 0 aromatic carbocycles. The first kappa shape index (κ1) is 26.6. The Kier molecular flexibility index (Phi) is 11.5. The number of esters is 1. The highest BCUT2D eigenvalue weighted by Gasteiger charge is 2.20. The highest BCUT2D eigenvalue weighted by atomic mass is 16.5. The molecule has 0 aliphatic rings. The second kappa shape index (κ2) is 13.8. The number of allylic oxidation sites excluding steroid dienone is 1. The molecule has 10 nitrogen and oxygen atoms in total. The Balaban J connectivity index is 2.81. The first-order chi connectivity index (χ1) is 15.1. The predicted molar refractivity (Wildman–Crippen MR) is 120 cm³/mol. The van der Waals surface area contributed by atoms with Crippen molar-refractivity contribution in [1.29, 1.82) is 0 Å². The van der Waals surface area contributed by atoms with E-state index in [0.717, 1.165) is 6.42 Å². The van der Waals surface area contributed by atoms with Crippen molar-refractivity contribution in [3.63, 3.8) is 0 Å². The summed E-state index contributed by atoms with van der Waals surface area (Å²) in [5.74, 6) is -1.37. The topological polar surface area (TPSA) is 136 Å². The van der Waals surface area contributed by atoms with Crippen LogP contribution in [0.1, 0.15) is 40.0 Å². The summed E-state index contributed by atoms with van der Waals surface area (Å²) in [5.41, 5.74) is -0.542. The number of carbonyl (C=O) groups excluding carboxylic acids is 4. The van der Waals surface area contributed by atoms with Crippen molar-refractivity contribution < 1.29 is 23.9 Å². The third-order valence-electron chi connectivity index (χ3n) is 4.41. The number of aromatic nitrogens is 1. The van der Waals surface area contributed by atoms with Crippen LogP contribution in [-0.4, -0.2) is 48.0 Å². The molecule has 1 aromatic heterocycles. The maximum absolute atomic E-state index is 12.7. The third kappa shape index (κ3) is 10.1. The van der Waals surface area contributed by atoms with Gasteiger partial charge in [0.1, 0.15) is 18.3 Å². The monoisotopic (exact) mass is 448 g/mol. The zero-order chi connectivity index (χ0) is 24.1. The maximum atomic E-state index is 12.7. The fraction of sp³-hybridized carbons (Fsp3) is 0.500. The van der Waals surface area contributed by atoms with Crippen molar-refractivity contribution in [3.8, 4) is 0 Å². The van der Waals surface area contributed by atoms with E-state index >= 15 is 0 Å². The molecule has 1 atom stereocenters. The minimum atomic E-state index is -0.915. The van der Waals surface area contributed by atoms with Gasteiger partial charge in [0.2, 0.25) is 17.7 Å². The Morgan fingerprint density at radius 2 is 1.91 bits per heavy atom. The number of nitrogens with zero attached hydrogens (tertiary/aromatic N) is 1. The van der Waals surface area contributed by atoms with E-state index in [9.17, 15) is 24.0 Å². The molecule has 3 N–H and O–H groups in total. The van der Waals surface area contributed by atoms with Crippen LogP contribution < -0.4 is 21.5 Å². The predicted octanol–water partition coefficient (Wildman–Crippen LogP) is 0.963. The van der Waals surface area contributed by atoms with Gasteiger partial charge >= 0.3 is 5.97 Å². The van der Waals surface area contributed by atoms with Gasteiger partial charge in [-0.3, -0.25) is 19.2 Å². The molecule has 0 saturated carbocycles. The number of pyridine rings is 1. The lowest BCUT2D eigenvalue weighted by atomic mass is 10.1. The van der Waals surface area contributed by atoms with Crippen molar-refractivity contribution in [2.75, 3.05) is 19.0 Å². The number of hydrogen-bond acceptors (Lipinski definition) is 6. The number of nitrogens with one attached hydrogen (secondary N) is 3. The van der Waals surface area contributed by atoms with Crippen molar-refractivity contribution in [2.45, 2.75) is 52.6 Å². The Bertz CT molecular complexity index is 891. The zero-order valence-electron chi connectivity index (χ0n) is 19.0. The van der Waals surface area contributed by atoms with Gasteiger partial charge in [0.15, 0.2) is 0 Å². The molecular weight excluding hydrogens is 416 g/mol. The lowest BCUT2D eigenvalue weighted by Gasteiger charge is -2.17. The summed E-state index contributed by atoms with van der Waals surface area (Å²) in [5, 5.41) is 7.80. The van der Waals surface area contributed by atoms with Crippen LogP contribution in [0, 0.1) is 5.92 Å². The van der Waals surface area contributed by atoms with Crippen LogP contribution in [0.4, 0.5) is 5.69 Å². The van der Waals surface area contributed by atoms with Crippen LogP contribution in [0.15, 0.2) is 35.3 Å². The van der Waals surface area contributed by atoms with Gasteiger partial charge in [0, 0.05) is 25.7 Å². The van der Waals surface area contributed by atoms with Crippen LogP contribution >= 0.6 is 0 Å². The molecule has 0 saturated heterocycles. The molecule has 1 rings (SSSR count). The van der Waals surface area contributed by atoms with E-state index in [1.165, 1.54) is 43.0 Å². The molecule has 0 aliphatic carbocycles. The van der Waals surface area contributed by atoms with Crippen LogP contribution in [0.25, 0.3) is 0 Å². The van der Waals surface area contributed by atoms with Gasteiger partial charge in [-0.05, 0) is 37.3 Å².